The van der Waals surface area contributed by atoms with E-state index in [2.05, 4.69) is 91.3 Å². The molecule has 2 aliphatic rings. The molecule has 1 fully saturated rings. The largest absolute Gasteiger partial charge is 0.356 e. The Labute approximate surface area is 196 Å². The number of hydrogen-bond acceptors (Lipinski definition) is 4. The molecule has 0 atom stereocenters. The van der Waals surface area contributed by atoms with E-state index in [-0.39, 0.29) is 0 Å². The zero-order valence-electron chi connectivity index (χ0n) is 17.2. The lowest BCUT2D eigenvalue weighted by molar-refractivity contribution is 0.174. The molecule has 2 heterocycles. The average molecular weight is 496 g/mol. The van der Waals surface area contributed by atoms with Crippen molar-refractivity contribution in [3.8, 4) is 0 Å². The maximum atomic E-state index is 6.15. The zero-order chi connectivity index (χ0) is 21.2. The molecular weight excluding hydrogens is 472 g/mol. The molecule has 0 unspecified atom stereocenters. The number of piperazine rings is 1. The highest BCUT2D eigenvalue weighted by Crippen LogP contribution is 2.37. The van der Waals surface area contributed by atoms with Gasteiger partial charge < -0.3 is 9.80 Å². The van der Waals surface area contributed by atoms with Crippen LogP contribution < -0.4 is 4.90 Å². The Morgan fingerprint density at radius 3 is 2.42 bits per heavy atom. The van der Waals surface area contributed by atoms with Crippen LogP contribution >= 0.6 is 27.5 Å². The smallest absolute Gasteiger partial charge is 0.125 e. The van der Waals surface area contributed by atoms with Gasteiger partial charge in [-0.15, -0.1) is 0 Å². The summed E-state index contributed by atoms with van der Waals surface area (Å²) in [5, 5.41) is 0.805. The maximum absolute atomic E-state index is 6.15. The molecule has 5 rings (SSSR count). The minimum Gasteiger partial charge on any atom is -0.356 e. The van der Waals surface area contributed by atoms with Gasteiger partial charge in [0.15, 0.2) is 0 Å². The number of hydrogen-bond donors (Lipinski definition) is 0. The first-order valence-electron chi connectivity index (χ1n) is 10.6. The van der Waals surface area contributed by atoms with Gasteiger partial charge in [-0.05, 0) is 54.1 Å². The Kier molecular flexibility index (Phi) is 5.99. The van der Waals surface area contributed by atoms with Gasteiger partial charge in [0.25, 0.3) is 0 Å². The molecule has 2 aliphatic heterocycles. The van der Waals surface area contributed by atoms with Crippen molar-refractivity contribution in [2.75, 3.05) is 37.6 Å². The third-order valence-corrected chi connectivity index (χ3v) is 6.66. The van der Waals surface area contributed by atoms with Crippen LogP contribution in [0.15, 0.2) is 82.3 Å². The van der Waals surface area contributed by atoms with E-state index in [9.17, 15) is 0 Å². The number of halogens is 2. The molecule has 0 N–H and O–H groups in total. The summed E-state index contributed by atoms with van der Waals surface area (Å²) in [4.78, 5) is 12.3. The third-order valence-electron chi connectivity index (χ3n) is 5.89. The topological polar surface area (TPSA) is 22.1 Å². The van der Waals surface area contributed by atoms with E-state index in [0.717, 1.165) is 66.0 Å². The molecule has 0 bridgehead atoms. The summed E-state index contributed by atoms with van der Waals surface area (Å²) in [6.45, 7) is 5.73. The van der Waals surface area contributed by atoms with Crippen molar-refractivity contribution in [1.29, 1.82) is 0 Å². The van der Waals surface area contributed by atoms with Gasteiger partial charge in [-0.2, -0.15) is 0 Å². The number of aliphatic imine (C=N–C) groups is 1. The SMILES string of the molecule is Clc1cccc(CN2CCN(C3=Nc4ccccc4N(c4ccc(Br)cc4)C3)CC2)c1. The Balaban J connectivity index is 1.31. The monoisotopic (exact) mass is 494 g/mol. The van der Waals surface area contributed by atoms with Gasteiger partial charge in [-0.25, -0.2) is 4.99 Å². The summed E-state index contributed by atoms with van der Waals surface area (Å²) in [5.74, 6) is 1.14. The van der Waals surface area contributed by atoms with E-state index >= 15 is 0 Å². The quantitative estimate of drug-likeness (QED) is 0.438. The first-order chi connectivity index (χ1) is 15.2. The number of benzene rings is 3. The summed E-state index contributed by atoms with van der Waals surface area (Å²) in [5.41, 5.74) is 4.65. The van der Waals surface area contributed by atoms with Gasteiger partial charge in [-0.3, -0.25) is 4.90 Å². The molecule has 6 heteroatoms. The van der Waals surface area contributed by atoms with Crippen molar-refractivity contribution in [3.05, 3.63) is 87.9 Å². The van der Waals surface area contributed by atoms with Crippen LogP contribution in [0.4, 0.5) is 17.1 Å². The second-order valence-corrected chi connectivity index (χ2v) is 9.32. The predicted molar refractivity (Wildman–Crippen MR) is 133 cm³/mol. The Morgan fingerprint density at radius 2 is 1.65 bits per heavy atom. The van der Waals surface area contributed by atoms with Crippen molar-refractivity contribution in [3.63, 3.8) is 0 Å². The van der Waals surface area contributed by atoms with Gasteiger partial charge in [0, 0.05) is 47.9 Å². The first-order valence-corrected chi connectivity index (χ1v) is 11.7. The number of nitrogens with zero attached hydrogens (tertiary/aromatic N) is 4. The van der Waals surface area contributed by atoms with Crippen LogP contribution in [0, 0.1) is 0 Å². The fourth-order valence-electron chi connectivity index (χ4n) is 4.27. The van der Waals surface area contributed by atoms with Gasteiger partial charge in [0.05, 0.1) is 17.9 Å². The van der Waals surface area contributed by atoms with Gasteiger partial charge in [0.2, 0.25) is 0 Å². The molecule has 158 valence electrons. The highest BCUT2D eigenvalue weighted by molar-refractivity contribution is 9.10. The van der Waals surface area contributed by atoms with E-state index in [4.69, 9.17) is 16.6 Å². The normalized spacial score (nSPS) is 16.8. The van der Waals surface area contributed by atoms with E-state index in [0.29, 0.717) is 0 Å². The summed E-state index contributed by atoms with van der Waals surface area (Å²) in [7, 11) is 0. The summed E-state index contributed by atoms with van der Waals surface area (Å²) in [6.07, 6.45) is 0. The molecule has 4 nitrogen and oxygen atoms in total. The van der Waals surface area contributed by atoms with Crippen LogP contribution in [-0.4, -0.2) is 48.4 Å². The van der Waals surface area contributed by atoms with E-state index in [1.54, 1.807) is 0 Å². The number of para-hydroxylation sites is 2. The van der Waals surface area contributed by atoms with Crippen LogP contribution in [0.25, 0.3) is 0 Å². The lowest BCUT2D eigenvalue weighted by Gasteiger charge is -2.40. The van der Waals surface area contributed by atoms with E-state index in [1.807, 2.05) is 12.1 Å². The third kappa shape index (κ3) is 4.64. The molecule has 31 heavy (non-hydrogen) atoms. The summed E-state index contributed by atoms with van der Waals surface area (Å²) in [6, 6.07) is 25.1. The number of fused-ring (bicyclic) bond motifs is 1. The van der Waals surface area contributed by atoms with Crippen molar-refractivity contribution >= 4 is 50.4 Å². The van der Waals surface area contributed by atoms with E-state index in [1.165, 1.54) is 11.3 Å². The molecule has 3 aromatic carbocycles. The molecular formula is C25H24BrClN4. The number of amidine groups is 1. The summed E-state index contributed by atoms with van der Waals surface area (Å²) < 4.78 is 1.09. The molecule has 0 saturated carbocycles. The predicted octanol–water partition coefficient (Wildman–Crippen LogP) is 6.10. The van der Waals surface area contributed by atoms with Crippen molar-refractivity contribution in [1.82, 2.24) is 9.80 Å². The summed E-state index contributed by atoms with van der Waals surface area (Å²) >= 11 is 9.70. The minimum absolute atomic E-state index is 0.785. The Hall–Kier alpha value is -2.34. The number of rotatable bonds is 3. The zero-order valence-corrected chi connectivity index (χ0v) is 19.6. The molecule has 0 amide bonds. The molecule has 3 aromatic rings. The highest BCUT2D eigenvalue weighted by Gasteiger charge is 2.26. The van der Waals surface area contributed by atoms with Crippen LogP contribution in [0.2, 0.25) is 5.02 Å². The first kappa shape index (κ1) is 20.6. The average Bonchev–Trinajstić information content (AvgIpc) is 2.79. The second kappa shape index (κ2) is 9.03. The van der Waals surface area contributed by atoms with Crippen molar-refractivity contribution in [2.24, 2.45) is 4.99 Å². The van der Waals surface area contributed by atoms with Gasteiger partial charge in [0.1, 0.15) is 5.84 Å². The van der Waals surface area contributed by atoms with E-state index < -0.39 is 0 Å². The number of anilines is 2. The van der Waals surface area contributed by atoms with Crippen LogP contribution in [0.3, 0.4) is 0 Å². The standard InChI is InChI=1S/C25H24BrClN4/c26-20-8-10-22(11-9-20)31-18-25(28-23-6-1-2-7-24(23)31)30-14-12-29(13-15-30)17-19-4-3-5-21(27)16-19/h1-11,16H,12-15,17-18H2. The van der Waals surface area contributed by atoms with Crippen LogP contribution in [0.1, 0.15) is 5.56 Å². The van der Waals surface area contributed by atoms with Crippen LogP contribution in [-0.2, 0) is 6.54 Å². The van der Waals surface area contributed by atoms with Crippen molar-refractivity contribution in [2.45, 2.75) is 6.54 Å². The van der Waals surface area contributed by atoms with Gasteiger partial charge in [-0.1, -0.05) is 51.8 Å². The molecule has 1 saturated heterocycles. The Bertz CT molecular complexity index is 1090. The van der Waals surface area contributed by atoms with Gasteiger partial charge >= 0.3 is 0 Å². The highest BCUT2D eigenvalue weighted by atomic mass is 79.9. The minimum atomic E-state index is 0.785. The fraction of sp³-hybridized carbons (Fsp3) is 0.240. The molecule has 0 aromatic heterocycles. The molecule has 0 spiro atoms. The lowest BCUT2D eigenvalue weighted by Crippen LogP contribution is -2.51. The molecule has 0 radical (unpaired) electrons. The second-order valence-electron chi connectivity index (χ2n) is 7.97. The maximum Gasteiger partial charge on any atom is 0.125 e. The lowest BCUT2D eigenvalue weighted by atomic mass is 10.1. The Morgan fingerprint density at radius 1 is 0.871 bits per heavy atom. The fourth-order valence-corrected chi connectivity index (χ4v) is 4.74. The molecule has 0 aliphatic carbocycles. The van der Waals surface area contributed by atoms with Crippen molar-refractivity contribution < 1.29 is 0 Å². The van der Waals surface area contributed by atoms with Crippen LogP contribution in [0.5, 0.6) is 0 Å².